The van der Waals surface area contributed by atoms with Gasteiger partial charge in [0.05, 0.1) is 12.3 Å². The van der Waals surface area contributed by atoms with Gasteiger partial charge in [-0.05, 0) is 27.7 Å². The molecule has 2 heterocycles. The van der Waals surface area contributed by atoms with E-state index in [1.807, 2.05) is 20.8 Å². The molecule has 1 aromatic heterocycles. The zero-order valence-electron chi connectivity index (χ0n) is 16.9. The minimum atomic E-state index is -0.597. The average Bonchev–Trinajstić information content (AvgIpc) is 2.59. The summed E-state index contributed by atoms with van der Waals surface area (Å²) in [6, 6.07) is -0.104. The van der Waals surface area contributed by atoms with Crippen molar-refractivity contribution in [2.24, 2.45) is 5.92 Å². The lowest BCUT2D eigenvalue weighted by molar-refractivity contribution is -0.138. The van der Waals surface area contributed by atoms with Crippen LogP contribution in [-0.4, -0.2) is 69.8 Å². The number of esters is 1. The molecule has 0 radical (unpaired) electrons. The zero-order valence-corrected chi connectivity index (χ0v) is 16.9. The Morgan fingerprint density at radius 1 is 1.19 bits per heavy atom. The van der Waals surface area contributed by atoms with E-state index >= 15 is 0 Å². The Labute approximate surface area is 159 Å². The van der Waals surface area contributed by atoms with Crippen LogP contribution in [0.2, 0.25) is 0 Å². The summed E-state index contributed by atoms with van der Waals surface area (Å²) < 4.78 is 5.08. The monoisotopic (exact) mass is 376 g/mol. The molecule has 1 fully saturated rings. The van der Waals surface area contributed by atoms with Gasteiger partial charge in [0.1, 0.15) is 17.1 Å². The minimum Gasteiger partial charge on any atom is -0.462 e. The second kappa shape index (κ2) is 8.45. The van der Waals surface area contributed by atoms with E-state index in [4.69, 9.17) is 4.74 Å². The molecule has 1 unspecified atom stereocenters. The number of amides is 2. The molecule has 0 aliphatic carbocycles. The van der Waals surface area contributed by atoms with Crippen molar-refractivity contribution in [3.8, 4) is 0 Å². The number of piperazine rings is 1. The Hall–Kier alpha value is -2.51. The summed E-state index contributed by atoms with van der Waals surface area (Å²) in [6.07, 6.45) is 0. The topological polar surface area (TPSA) is 92.7 Å². The van der Waals surface area contributed by atoms with Crippen molar-refractivity contribution < 1.29 is 19.1 Å². The van der Waals surface area contributed by atoms with Crippen molar-refractivity contribution in [1.82, 2.24) is 19.8 Å². The normalized spacial score (nSPS) is 17.2. The molecule has 2 rings (SSSR count). The molecule has 1 aliphatic heterocycles. The number of rotatable bonds is 4. The van der Waals surface area contributed by atoms with E-state index in [0.717, 1.165) is 0 Å². The van der Waals surface area contributed by atoms with Gasteiger partial charge in [0, 0.05) is 31.6 Å². The number of aromatic nitrogens is 2. The lowest BCUT2D eigenvalue weighted by atomic mass is 10.1. The molecule has 0 saturated carbocycles. The summed E-state index contributed by atoms with van der Waals surface area (Å²) >= 11 is 0. The third-order valence-corrected chi connectivity index (χ3v) is 4.58. The standard InChI is InChI=1S/C19H28N4O4/c1-7-27-19(26)15-13(5)20-14(6)21-16(15)18(25)22-8-9-23(12(4)10-22)17(24)11(2)3/h11-12H,7-10H2,1-6H3. The third-order valence-electron chi connectivity index (χ3n) is 4.58. The van der Waals surface area contributed by atoms with Crippen LogP contribution in [0, 0.1) is 19.8 Å². The maximum atomic E-state index is 13.1. The van der Waals surface area contributed by atoms with E-state index < -0.39 is 5.97 Å². The number of aryl methyl sites for hydroxylation is 2. The molecular formula is C19H28N4O4. The highest BCUT2D eigenvalue weighted by Crippen LogP contribution is 2.19. The number of carbonyl (C=O) groups excluding carboxylic acids is 3. The molecule has 1 aliphatic rings. The van der Waals surface area contributed by atoms with Crippen LogP contribution in [0.15, 0.2) is 0 Å². The lowest BCUT2D eigenvalue weighted by Gasteiger charge is -2.40. The third kappa shape index (κ3) is 4.43. The molecule has 1 aromatic rings. The van der Waals surface area contributed by atoms with Gasteiger partial charge in [-0.25, -0.2) is 14.8 Å². The highest BCUT2D eigenvalue weighted by atomic mass is 16.5. The lowest BCUT2D eigenvalue weighted by Crippen LogP contribution is -2.56. The van der Waals surface area contributed by atoms with Crippen molar-refractivity contribution in [2.75, 3.05) is 26.2 Å². The van der Waals surface area contributed by atoms with Gasteiger partial charge in [0.15, 0.2) is 0 Å². The van der Waals surface area contributed by atoms with Crippen molar-refractivity contribution in [2.45, 2.75) is 47.6 Å². The first kappa shape index (κ1) is 20.8. The van der Waals surface area contributed by atoms with Gasteiger partial charge in [0.2, 0.25) is 5.91 Å². The second-order valence-corrected chi connectivity index (χ2v) is 7.09. The van der Waals surface area contributed by atoms with Gasteiger partial charge < -0.3 is 14.5 Å². The molecule has 0 bridgehead atoms. The van der Waals surface area contributed by atoms with Crippen LogP contribution in [0.1, 0.15) is 60.1 Å². The van der Waals surface area contributed by atoms with Crippen LogP contribution in [0.5, 0.6) is 0 Å². The number of ether oxygens (including phenoxy) is 1. The predicted molar refractivity (Wildman–Crippen MR) is 99.4 cm³/mol. The van der Waals surface area contributed by atoms with E-state index in [1.54, 1.807) is 30.6 Å². The van der Waals surface area contributed by atoms with Gasteiger partial charge in [0.25, 0.3) is 5.91 Å². The van der Waals surface area contributed by atoms with Gasteiger partial charge in [-0.1, -0.05) is 13.8 Å². The second-order valence-electron chi connectivity index (χ2n) is 7.09. The summed E-state index contributed by atoms with van der Waals surface area (Å²) in [5, 5.41) is 0. The smallest absolute Gasteiger partial charge is 0.342 e. The Kier molecular flexibility index (Phi) is 6.51. The molecule has 148 valence electrons. The summed E-state index contributed by atoms with van der Waals surface area (Å²) in [4.78, 5) is 49.6. The fraction of sp³-hybridized carbons (Fsp3) is 0.632. The van der Waals surface area contributed by atoms with Crippen LogP contribution < -0.4 is 0 Å². The summed E-state index contributed by atoms with van der Waals surface area (Å²) in [6.45, 7) is 12.1. The van der Waals surface area contributed by atoms with E-state index in [-0.39, 0.29) is 41.6 Å². The predicted octanol–water partition coefficient (Wildman–Crippen LogP) is 1.60. The van der Waals surface area contributed by atoms with Gasteiger partial charge >= 0.3 is 5.97 Å². The number of carbonyl (C=O) groups is 3. The highest BCUT2D eigenvalue weighted by molar-refractivity contribution is 6.04. The highest BCUT2D eigenvalue weighted by Gasteiger charge is 2.34. The largest absolute Gasteiger partial charge is 0.462 e. The minimum absolute atomic E-state index is 0.0642. The van der Waals surface area contributed by atoms with Crippen LogP contribution in [0.4, 0.5) is 0 Å². The molecule has 0 spiro atoms. The van der Waals surface area contributed by atoms with E-state index in [0.29, 0.717) is 31.2 Å². The quantitative estimate of drug-likeness (QED) is 0.741. The van der Waals surface area contributed by atoms with Gasteiger partial charge in [-0.3, -0.25) is 9.59 Å². The molecule has 1 saturated heterocycles. The summed E-state index contributed by atoms with van der Waals surface area (Å²) in [5.74, 6) is -0.520. The van der Waals surface area contributed by atoms with Crippen molar-refractivity contribution in [3.63, 3.8) is 0 Å². The Morgan fingerprint density at radius 2 is 1.85 bits per heavy atom. The maximum absolute atomic E-state index is 13.1. The Bertz CT molecular complexity index is 747. The van der Waals surface area contributed by atoms with Crippen molar-refractivity contribution in [1.29, 1.82) is 0 Å². The molecule has 0 N–H and O–H groups in total. The molecule has 0 aromatic carbocycles. The average molecular weight is 376 g/mol. The van der Waals surface area contributed by atoms with Crippen LogP contribution >= 0.6 is 0 Å². The Morgan fingerprint density at radius 3 is 2.41 bits per heavy atom. The molecule has 2 amide bonds. The van der Waals surface area contributed by atoms with Gasteiger partial charge in [-0.15, -0.1) is 0 Å². The summed E-state index contributed by atoms with van der Waals surface area (Å²) in [5.41, 5.74) is 0.598. The first-order valence-electron chi connectivity index (χ1n) is 9.29. The molecule has 1 atom stereocenters. The molecular weight excluding hydrogens is 348 g/mol. The fourth-order valence-electron chi connectivity index (χ4n) is 3.27. The van der Waals surface area contributed by atoms with Gasteiger partial charge in [-0.2, -0.15) is 0 Å². The van der Waals surface area contributed by atoms with Crippen LogP contribution in [-0.2, 0) is 9.53 Å². The zero-order chi connectivity index (χ0) is 20.3. The fourth-order valence-corrected chi connectivity index (χ4v) is 3.27. The first-order chi connectivity index (χ1) is 12.7. The van der Waals surface area contributed by atoms with E-state index in [2.05, 4.69) is 9.97 Å². The Balaban J connectivity index is 2.28. The molecule has 8 heteroatoms. The SMILES string of the molecule is CCOC(=O)c1c(C)nc(C)nc1C(=O)N1CCN(C(=O)C(C)C)C(C)C1. The molecule has 27 heavy (non-hydrogen) atoms. The first-order valence-corrected chi connectivity index (χ1v) is 9.29. The number of hydrogen-bond donors (Lipinski definition) is 0. The summed E-state index contributed by atoms with van der Waals surface area (Å²) in [7, 11) is 0. The number of hydrogen-bond acceptors (Lipinski definition) is 6. The maximum Gasteiger partial charge on any atom is 0.342 e. The van der Waals surface area contributed by atoms with Crippen LogP contribution in [0.3, 0.4) is 0 Å². The molecule has 8 nitrogen and oxygen atoms in total. The number of nitrogens with zero attached hydrogens (tertiary/aromatic N) is 4. The van der Waals surface area contributed by atoms with E-state index in [9.17, 15) is 14.4 Å². The van der Waals surface area contributed by atoms with Crippen molar-refractivity contribution >= 4 is 17.8 Å². The van der Waals surface area contributed by atoms with Crippen LogP contribution in [0.25, 0.3) is 0 Å². The van der Waals surface area contributed by atoms with Crippen molar-refractivity contribution in [3.05, 3.63) is 22.8 Å². The van der Waals surface area contributed by atoms with E-state index in [1.165, 1.54) is 0 Å².